The number of nitrogens with zero attached hydrogens (tertiary/aromatic N) is 4. The molecule has 0 bridgehead atoms. The van der Waals surface area contributed by atoms with Gasteiger partial charge in [0.15, 0.2) is 18.2 Å². The van der Waals surface area contributed by atoms with E-state index in [1.54, 1.807) is 18.3 Å². The SMILES string of the molecule is O=C1COc2cccnc2N1CC(=O)n1cnc2ccccc21. The summed E-state index contributed by atoms with van der Waals surface area (Å²) < 4.78 is 6.77. The highest BCUT2D eigenvalue weighted by molar-refractivity contribution is 6.03. The molecule has 0 N–H and O–H groups in total. The van der Waals surface area contributed by atoms with Crippen LogP contribution in [0.1, 0.15) is 4.79 Å². The molecule has 114 valence electrons. The van der Waals surface area contributed by atoms with Gasteiger partial charge >= 0.3 is 0 Å². The highest BCUT2D eigenvalue weighted by Gasteiger charge is 2.29. The number of carbonyl (C=O) groups is 2. The van der Waals surface area contributed by atoms with Crippen LogP contribution in [0.3, 0.4) is 0 Å². The second kappa shape index (κ2) is 5.20. The molecule has 1 aromatic carbocycles. The topological polar surface area (TPSA) is 77.3 Å². The van der Waals surface area contributed by atoms with E-state index >= 15 is 0 Å². The first-order valence-electron chi connectivity index (χ1n) is 7.07. The molecule has 0 saturated heterocycles. The van der Waals surface area contributed by atoms with Crippen LogP contribution in [0.25, 0.3) is 11.0 Å². The number of carbonyl (C=O) groups excluding carboxylic acids is 2. The van der Waals surface area contributed by atoms with Crippen LogP contribution < -0.4 is 9.64 Å². The lowest BCUT2D eigenvalue weighted by Gasteiger charge is -2.27. The number of benzene rings is 1. The average molecular weight is 308 g/mol. The van der Waals surface area contributed by atoms with Gasteiger partial charge in [0.25, 0.3) is 11.8 Å². The smallest absolute Gasteiger partial charge is 0.266 e. The van der Waals surface area contributed by atoms with E-state index in [0.717, 1.165) is 5.52 Å². The van der Waals surface area contributed by atoms with E-state index in [0.29, 0.717) is 17.1 Å². The minimum Gasteiger partial charge on any atom is -0.480 e. The van der Waals surface area contributed by atoms with Gasteiger partial charge in [0.2, 0.25) is 0 Å². The van der Waals surface area contributed by atoms with Crippen molar-refractivity contribution in [3.05, 3.63) is 48.9 Å². The maximum atomic E-state index is 12.6. The quantitative estimate of drug-likeness (QED) is 0.717. The molecule has 0 atom stereocenters. The Kier molecular flexibility index (Phi) is 3.04. The van der Waals surface area contributed by atoms with Crippen molar-refractivity contribution in [3.8, 4) is 5.75 Å². The van der Waals surface area contributed by atoms with E-state index in [4.69, 9.17) is 4.74 Å². The van der Waals surface area contributed by atoms with Crippen molar-refractivity contribution in [2.24, 2.45) is 0 Å². The Bertz CT molecular complexity index is 918. The first kappa shape index (κ1) is 13.4. The van der Waals surface area contributed by atoms with Crippen molar-refractivity contribution >= 4 is 28.7 Å². The molecule has 1 aliphatic heterocycles. The van der Waals surface area contributed by atoms with Crippen molar-refractivity contribution in [1.29, 1.82) is 0 Å². The number of rotatable bonds is 2. The van der Waals surface area contributed by atoms with Crippen molar-refractivity contribution in [1.82, 2.24) is 14.5 Å². The molecule has 23 heavy (non-hydrogen) atoms. The third kappa shape index (κ3) is 2.22. The van der Waals surface area contributed by atoms with Crippen LogP contribution in [0.5, 0.6) is 5.75 Å². The molecular weight excluding hydrogens is 296 g/mol. The largest absolute Gasteiger partial charge is 0.480 e. The molecule has 2 aromatic heterocycles. The third-order valence-electron chi connectivity index (χ3n) is 3.67. The van der Waals surface area contributed by atoms with Gasteiger partial charge in [0.05, 0.1) is 11.0 Å². The fourth-order valence-corrected chi connectivity index (χ4v) is 2.57. The fraction of sp³-hybridized carbons (Fsp3) is 0.125. The van der Waals surface area contributed by atoms with Crippen molar-refractivity contribution in [3.63, 3.8) is 0 Å². The number of hydrogen-bond donors (Lipinski definition) is 0. The van der Waals surface area contributed by atoms with E-state index in [1.165, 1.54) is 15.8 Å². The zero-order valence-corrected chi connectivity index (χ0v) is 12.0. The zero-order chi connectivity index (χ0) is 15.8. The number of para-hydroxylation sites is 2. The lowest BCUT2D eigenvalue weighted by atomic mass is 10.3. The summed E-state index contributed by atoms with van der Waals surface area (Å²) in [6.45, 7) is -0.219. The van der Waals surface area contributed by atoms with Gasteiger partial charge in [-0.2, -0.15) is 0 Å². The number of aromatic nitrogens is 3. The number of amides is 1. The van der Waals surface area contributed by atoms with Gasteiger partial charge in [-0.1, -0.05) is 12.1 Å². The Labute approximate surface area is 131 Å². The van der Waals surface area contributed by atoms with Gasteiger partial charge in [0, 0.05) is 6.20 Å². The molecule has 1 aliphatic rings. The first-order valence-corrected chi connectivity index (χ1v) is 7.07. The standard InChI is InChI=1S/C16H12N4O3/c21-14(20-10-18-11-4-1-2-5-12(11)20)8-19-15(22)9-23-13-6-3-7-17-16(13)19/h1-7,10H,8-9H2. The second-order valence-electron chi connectivity index (χ2n) is 5.09. The second-order valence-corrected chi connectivity index (χ2v) is 5.09. The van der Waals surface area contributed by atoms with E-state index in [-0.39, 0.29) is 25.0 Å². The monoisotopic (exact) mass is 308 g/mol. The molecule has 0 fully saturated rings. The molecule has 3 aromatic rings. The number of imidazole rings is 1. The normalized spacial score (nSPS) is 13.7. The van der Waals surface area contributed by atoms with E-state index in [2.05, 4.69) is 9.97 Å². The highest BCUT2D eigenvalue weighted by atomic mass is 16.5. The number of hydrogen-bond acceptors (Lipinski definition) is 5. The van der Waals surface area contributed by atoms with Crippen LogP contribution in [0, 0.1) is 0 Å². The summed E-state index contributed by atoms with van der Waals surface area (Å²) >= 11 is 0. The third-order valence-corrected chi connectivity index (χ3v) is 3.67. The molecule has 0 saturated carbocycles. The van der Waals surface area contributed by atoms with E-state index in [9.17, 15) is 9.59 Å². The highest BCUT2D eigenvalue weighted by Crippen LogP contribution is 2.28. The summed E-state index contributed by atoms with van der Waals surface area (Å²) in [5, 5.41) is 0. The maximum absolute atomic E-state index is 12.6. The summed E-state index contributed by atoms with van der Waals surface area (Å²) in [7, 11) is 0. The summed E-state index contributed by atoms with van der Waals surface area (Å²) in [4.78, 5) is 34.4. The van der Waals surface area contributed by atoms with Crippen LogP contribution in [0.4, 0.5) is 5.82 Å². The van der Waals surface area contributed by atoms with Crippen LogP contribution in [0.2, 0.25) is 0 Å². The number of anilines is 1. The van der Waals surface area contributed by atoms with E-state index in [1.807, 2.05) is 24.3 Å². The van der Waals surface area contributed by atoms with Crippen LogP contribution >= 0.6 is 0 Å². The van der Waals surface area contributed by atoms with Gasteiger partial charge in [0.1, 0.15) is 12.9 Å². The number of pyridine rings is 1. The molecule has 1 amide bonds. The van der Waals surface area contributed by atoms with Crippen LogP contribution in [-0.4, -0.2) is 39.5 Å². The predicted molar refractivity (Wildman–Crippen MR) is 82.4 cm³/mol. The maximum Gasteiger partial charge on any atom is 0.266 e. The van der Waals surface area contributed by atoms with Gasteiger partial charge in [-0.3, -0.25) is 19.1 Å². The summed E-state index contributed by atoms with van der Waals surface area (Å²) in [5.41, 5.74) is 1.44. The summed E-state index contributed by atoms with van der Waals surface area (Å²) in [6, 6.07) is 10.8. The fourth-order valence-electron chi connectivity index (χ4n) is 2.57. The van der Waals surface area contributed by atoms with Crippen molar-refractivity contribution in [2.45, 2.75) is 0 Å². The molecule has 4 rings (SSSR count). The molecule has 0 aliphatic carbocycles. The zero-order valence-electron chi connectivity index (χ0n) is 12.0. The molecule has 0 unspecified atom stereocenters. The van der Waals surface area contributed by atoms with Gasteiger partial charge in [-0.15, -0.1) is 0 Å². The molecule has 7 heteroatoms. The number of fused-ring (bicyclic) bond motifs is 2. The Balaban J connectivity index is 1.68. The molecule has 7 nitrogen and oxygen atoms in total. The molecule has 3 heterocycles. The van der Waals surface area contributed by atoms with Crippen molar-refractivity contribution in [2.75, 3.05) is 18.1 Å². The Morgan fingerprint density at radius 3 is 2.96 bits per heavy atom. The number of ether oxygens (including phenoxy) is 1. The van der Waals surface area contributed by atoms with Crippen molar-refractivity contribution < 1.29 is 14.3 Å². The Morgan fingerprint density at radius 2 is 2.04 bits per heavy atom. The predicted octanol–water partition coefficient (Wildman–Crippen LogP) is 1.50. The molecule has 0 spiro atoms. The summed E-state index contributed by atoms with van der Waals surface area (Å²) in [5.74, 6) is 0.302. The lowest BCUT2D eigenvalue weighted by Crippen LogP contribution is -2.43. The molecular formula is C16H12N4O3. The van der Waals surface area contributed by atoms with Gasteiger partial charge < -0.3 is 4.74 Å². The lowest BCUT2D eigenvalue weighted by molar-refractivity contribution is -0.121. The van der Waals surface area contributed by atoms with Gasteiger partial charge in [-0.25, -0.2) is 9.97 Å². The minimum absolute atomic E-state index is 0.101. The Morgan fingerprint density at radius 1 is 1.17 bits per heavy atom. The van der Waals surface area contributed by atoms with Crippen LogP contribution in [0.15, 0.2) is 48.9 Å². The average Bonchev–Trinajstić information content (AvgIpc) is 3.01. The minimum atomic E-state index is -0.297. The summed E-state index contributed by atoms with van der Waals surface area (Å²) in [6.07, 6.45) is 3.03. The Hall–Kier alpha value is -3.22. The first-order chi connectivity index (χ1) is 11.2. The van der Waals surface area contributed by atoms with Gasteiger partial charge in [-0.05, 0) is 24.3 Å². The van der Waals surface area contributed by atoms with E-state index < -0.39 is 0 Å². The molecule has 0 radical (unpaired) electrons. The van der Waals surface area contributed by atoms with Crippen LogP contribution in [-0.2, 0) is 4.79 Å².